The molecule has 1 aliphatic heterocycles. The Bertz CT molecular complexity index is 603. The third-order valence-corrected chi connectivity index (χ3v) is 5.48. The largest absolute Gasteiger partial charge is 0.504 e. The predicted molar refractivity (Wildman–Crippen MR) is 110 cm³/mol. The highest BCUT2D eigenvalue weighted by Crippen LogP contribution is 2.45. The summed E-state index contributed by atoms with van der Waals surface area (Å²) in [5, 5.41) is 25.4. The van der Waals surface area contributed by atoms with Crippen molar-refractivity contribution < 1.29 is 14.8 Å². The number of halogens is 2. The van der Waals surface area contributed by atoms with Crippen LogP contribution in [0, 0.1) is 16.0 Å². The summed E-state index contributed by atoms with van der Waals surface area (Å²) in [4.78, 5) is 13.3. The van der Waals surface area contributed by atoms with Crippen molar-refractivity contribution in [2.45, 2.75) is 38.1 Å². The molecule has 1 heterocycles. The van der Waals surface area contributed by atoms with Crippen molar-refractivity contribution in [3.8, 4) is 11.5 Å². The van der Waals surface area contributed by atoms with Crippen LogP contribution in [0.5, 0.6) is 11.5 Å². The lowest BCUT2D eigenvalue weighted by atomic mass is 9.79. The number of hydrogen-bond donors (Lipinski definition) is 2. The second-order valence-electron chi connectivity index (χ2n) is 6.97. The molecule has 0 unspecified atom stereocenters. The maximum absolute atomic E-state index is 11.4. The first kappa shape index (κ1) is 23.8. The fourth-order valence-electron chi connectivity index (χ4n) is 4.26. The van der Waals surface area contributed by atoms with Crippen molar-refractivity contribution in [3.63, 3.8) is 0 Å². The first-order chi connectivity index (χ1) is 12.1. The molecule has 0 radical (unpaired) electrons. The molecule has 7 nitrogen and oxygen atoms in total. The van der Waals surface area contributed by atoms with E-state index in [-0.39, 0.29) is 48.0 Å². The number of methoxy groups -OCH3 is 1. The Labute approximate surface area is 172 Å². The van der Waals surface area contributed by atoms with Crippen molar-refractivity contribution in [2.24, 2.45) is 5.92 Å². The summed E-state index contributed by atoms with van der Waals surface area (Å²) >= 11 is 0. The minimum Gasteiger partial charge on any atom is -0.504 e. The summed E-state index contributed by atoms with van der Waals surface area (Å²) in [5.41, 5.74) is 0.612. The lowest BCUT2D eigenvalue weighted by Gasteiger charge is -2.41. The summed E-state index contributed by atoms with van der Waals surface area (Å²) < 4.78 is 5.22. The lowest BCUT2D eigenvalue weighted by Crippen LogP contribution is -2.47. The number of aromatic hydroxyl groups is 1. The Morgan fingerprint density at radius 1 is 1.22 bits per heavy atom. The minimum atomic E-state index is -0.416. The molecule has 1 aromatic carbocycles. The molecular weight excluding hydrogens is 393 g/mol. The second kappa shape index (κ2) is 10.9. The fraction of sp³-hybridized carbons (Fsp3) is 0.667. The van der Waals surface area contributed by atoms with E-state index in [4.69, 9.17) is 4.74 Å². The topological polar surface area (TPSA) is 87.9 Å². The number of rotatable bonds is 5. The molecule has 0 bridgehead atoms. The molecular formula is C18H29Cl2N3O4. The molecule has 2 fully saturated rings. The molecule has 2 N–H and O–H groups in total. The SMILES string of the molecule is COc1cc([N+](=O)[O-])cc([C@H](C2CCCCC2)N2CCNCC2)c1O.Cl.Cl. The monoisotopic (exact) mass is 421 g/mol. The van der Waals surface area contributed by atoms with Crippen molar-refractivity contribution in [1.82, 2.24) is 10.2 Å². The molecule has 9 heteroatoms. The highest BCUT2D eigenvalue weighted by atomic mass is 35.5. The van der Waals surface area contributed by atoms with Crippen LogP contribution in [-0.4, -0.2) is 48.2 Å². The van der Waals surface area contributed by atoms with E-state index in [9.17, 15) is 15.2 Å². The number of nitro benzene ring substituents is 1. The first-order valence-corrected chi connectivity index (χ1v) is 9.12. The van der Waals surface area contributed by atoms with Gasteiger partial charge in [-0.15, -0.1) is 24.8 Å². The van der Waals surface area contributed by atoms with Gasteiger partial charge in [-0.2, -0.15) is 0 Å². The number of hydrogen-bond acceptors (Lipinski definition) is 6. The summed E-state index contributed by atoms with van der Waals surface area (Å²) in [5.74, 6) is 0.631. The van der Waals surface area contributed by atoms with Gasteiger partial charge in [0.1, 0.15) is 0 Å². The summed E-state index contributed by atoms with van der Waals surface area (Å²) in [6.07, 6.45) is 5.80. The third-order valence-electron chi connectivity index (χ3n) is 5.48. The number of non-ortho nitro benzene ring substituents is 1. The molecule has 2 aliphatic rings. The molecule has 0 spiro atoms. The number of benzene rings is 1. The number of phenols is 1. The predicted octanol–water partition coefficient (Wildman–Crippen LogP) is 3.68. The Morgan fingerprint density at radius 2 is 1.85 bits per heavy atom. The van der Waals surface area contributed by atoms with Gasteiger partial charge in [0.2, 0.25) is 0 Å². The number of phenolic OH excluding ortho intramolecular Hbond substituents is 1. The zero-order valence-corrected chi connectivity index (χ0v) is 17.2. The maximum atomic E-state index is 11.4. The van der Waals surface area contributed by atoms with Crippen molar-refractivity contribution in [2.75, 3.05) is 33.3 Å². The van der Waals surface area contributed by atoms with E-state index < -0.39 is 4.92 Å². The highest BCUT2D eigenvalue weighted by Gasteiger charge is 2.34. The van der Waals surface area contributed by atoms with Crippen LogP contribution in [0.4, 0.5) is 5.69 Å². The van der Waals surface area contributed by atoms with Crippen LogP contribution in [0.25, 0.3) is 0 Å². The zero-order chi connectivity index (χ0) is 17.8. The standard InChI is InChI=1S/C18H27N3O4.2ClH/c1-25-16-12-14(21(23)24)11-15(18(16)22)17(13-5-3-2-4-6-13)20-9-7-19-8-10-20;;/h11-13,17,19,22H,2-10H2,1H3;2*1H/t17-;;/m0../s1. The molecule has 0 aromatic heterocycles. The molecule has 1 aliphatic carbocycles. The van der Waals surface area contributed by atoms with E-state index >= 15 is 0 Å². The van der Waals surface area contributed by atoms with E-state index in [0.717, 1.165) is 39.0 Å². The van der Waals surface area contributed by atoms with Crippen molar-refractivity contribution in [3.05, 3.63) is 27.8 Å². The number of nitro groups is 1. The van der Waals surface area contributed by atoms with E-state index in [2.05, 4.69) is 10.2 Å². The van der Waals surface area contributed by atoms with Crippen LogP contribution in [0.2, 0.25) is 0 Å². The van der Waals surface area contributed by atoms with Crippen LogP contribution in [0.3, 0.4) is 0 Å². The summed E-state index contributed by atoms with van der Waals surface area (Å²) in [6.45, 7) is 3.56. The van der Waals surface area contributed by atoms with Gasteiger partial charge >= 0.3 is 0 Å². The van der Waals surface area contributed by atoms with Gasteiger partial charge in [-0.1, -0.05) is 19.3 Å². The van der Waals surface area contributed by atoms with Gasteiger partial charge in [0.25, 0.3) is 5.69 Å². The van der Waals surface area contributed by atoms with Gasteiger partial charge in [-0.25, -0.2) is 0 Å². The van der Waals surface area contributed by atoms with Crippen LogP contribution in [-0.2, 0) is 0 Å². The lowest BCUT2D eigenvalue weighted by molar-refractivity contribution is -0.385. The second-order valence-corrected chi connectivity index (χ2v) is 6.97. The Balaban J connectivity index is 0.00000182. The summed E-state index contributed by atoms with van der Waals surface area (Å²) in [6, 6.07) is 2.84. The summed E-state index contributed by atoms with van der Waals surface area (Å²) in [7, 11) is 1.43. The van der Waals surface area contributed by atoms with Gasteiger partial charge in [-0.3, -0.25) is 15.0 Å². The van der Waals surface area contributed by atoms with Gasteiger partial charge in [-0.05, 0) is 18.8 Å². The number of ether oxygens (including phenoxy) is 1. The molecule has 1 aromatic rings. The van der Waals surface area contributed by atoms with Crippen molar-refractivity contribution in [1.29, 1.82) is 0 Å². The Hall–Kier alpha value is -1.28. The van der Waals surface area contributed by atoms with Gasteiger partial charge < -0.3 is 15.2 Å². The molecule has 1 saturated carbocycles. The van der Waals surface area contributed by atoms with E-state index in [0.29, 0.717) is 11.5 Å². The number of nitrogens with one attached hydrogen (secondary N) is 1. The highest BCUT2D eigenvalue weighted by molar-refractivity contribution is 5.85. The van der Waals surface area contributed by atoms with Crippen LogP contribution >= 0.6 is 24.8 Å². The van der Waals surface area contributed by atoms with E-state index in [1.54, 1.807) is 6.07 Å². The Morgan fingerprint density at radius 3 is 2.41 bits per heavy atom. The van der Waals surface area contributed by atoms with Crippen LogP contribution < -0.4 is 10.1 Å². The quantitative estimate of drug-likeness (QED) is 0.556. The number of piperazine rings is 1. The van der Waals surface area contributed by atoms with Gasteiger partial charge in [0.05, 0.1) is 18.1 Å². The van der Waals surface area contributed by atoms with Gasteiger partial charge in [0, 0.05) is 43.9 Å². The maximum Gasteiger partial charge on any atom is 0.273 e. The molecule has 154 valence electrons. The average molecular weight is 422 g/mol. The van der Waals surface area contributed by atoms with Gasteiger partial charge in [0.15, 0.2) is 11.5 Å². The molecule has 0 amide bonds. The van der Waals surface area contributed by atoms with Crippen molar-refractivity contribution >= 4 is 30.5 Å². The molecule has 1 saturated heterocycles. The zero-order valence-electron chi connectivity index (χ0n) is 15.6. The molecule has 1 atom stereocenters. The normalized spacial score (nSPS) is 19.4. The van der Waals surface area contributed by atoms with Crippen LogP contribution in [0.1, 0.15) is 43.7 Å². The molecule has 3 rings (SSSR count). The third kappa shape index (κ3) is 5.38. The fourth-order valence-corrected chi connectivity index (χ4v) is 4.26. The van der Waals surface area contributed by atoms with Crippen LogP contribution in [0.15, 0.2) is 12.1 Å². The average Bonchev–Trinajstić information content (AvgIpc) is 2.65. The Kier molecular flexibility index (Phi) is 9.59. The number of nitrogens with zero attached hydrogens (tertiary/aromatic N) is 2. The smallest absolute Gasteiger partial charge is 0.273 e. The first-order valence-electron chi connectivity index (χ1n) is 9.12. The minimum absolute atomic E-state index is 0. The van der Waals surface area contributed by atoms with E-state index in [1.807, 2.05) is 0 Å². The van der Waals surface area contributed by atoms with E-state index in [1.165, 1.54) is 32.4 Å². The molecule has 27 heavy (non-hydrogen) atoms.